The van der Waals surface area contributed by atoms with E-state index in [0.717, 1.165) is 11.8 Å². The lowest BCUT2D eigenvalue weighted by atomic mass is 9.99. The molecule has 5 N–H and O–H groups in total. The van der Waals surface area contributed by atoms with Gasteiger partial charge in [0.25, 0.3) is 5.91 Å². The molecule has 1 aliphatic rings. The van der Waals surface area contributed by atoms with Crippen LogP contribution in [-0.2, 0) is 30.5 Å². The van der Waals surface area contributed by atoms with Crippen molar-refractivity contribution in [2.24, 2.45) is 11.7 Å². The van der Waals surface area contributed by atoms with E-state index in [2.05, 4.69) is 20.9 Å². The second-order valence-corrected chi connectivity index (χ2v) is 11.6. The number of carbonyl (C=O) groups excluding carboxylic acids is 5. The third-order valence-electron chi connectivity index (χ3n) is 5.33. The van der Waals surface area contributed by atoms with Crippen molar-refractivity contribution in [1.82, 2.24) is 20.9 Å². The van der Waals surface area contributed by atoms with Gasteiger partial charge < -0.3 is 26.4 Å². The highest BCUT2D eigenvalue weighted by molar-refractivity contribution is 8.13. The molecule has 1 aromatic heterocycles. The molecule has 3 amide bonds. The first-order valence-corrected chi connectivity index (χ1v) is 13.8. The fourth-order valence-electron chi connectivity index (χ4n) is 3.13. The number of cyclic esters (lactones) is 1. The molecule has 212 valence electrons. The molecule has 0 saturated carbocycles. The van der Waals surface area contributed by atoms with Crippen LogP contribution in [0.25, 0.3) is 0 Å². The molecule has 0 fully saturated rings. The molecule has 11 nitrogen and oxygen atoms in total. The maximum atomic E-state index is 13.1. The van der Waals surface area contributed by atoms with E-state index in [1.165, 1.54) is 25.2 Å². The van der Waals surface area contributed by atoms with Crippen LogP contribution in [0, 0.1) is 5.92 Å². The van der Waals surface area contributed by atoms with Crippen molar-refractivity contribution in [2.45, 2.75) is 77.7 Å². The maximum Gasteiger partial charge on any atom is 0.329 e. The number of thiazole rings is 1. The normalized spacial score (nSPS) is 21.7. The number of fused-ring (bicyclic) bond motifs is 2. The van der Waals surface area contributed by atoms with Crippen LogP contribution in [0.4, 0.5) is 0 Å². The fourth-order valence-corrected chi connectivity index (χ4v) is 4.56. The number of amides is 3. The topological polar surface area (TPSA) is 170 Å². The number of hydrogen-bond acceptors (Lipinski definition) is 10. The fraction of sp³-hybridized carbons (Fsp3) is 0.583. The number of nitrogens with two attached hydrogens (primary N) is 1. The van der Waals surface area contributed by atoms with E-state index in [9.17, 15) is 24.0 Å². The zero-order valence-corrected chi connectivity index (χ0v) is 24.5. The Balaban J connectivity index is 0.00000722. The number of nitrogens with one attached hydrogen (secondary N) is 3. The Bertz CT molecular complexity index is 1040. The number of allylic oxidation sites excluding steroid dienone is 1. The number of thioether (sulfide) groups is 1. The molecule has 1 aromatic rings. The predicted octanol–water partition coefficient (Wildman–Crippen LogP) is 1.70. The van der Waals surface area contributed by atoms with Gasteiger partial charge in [0.05, 0.1) is 19.0 Å². The third-order valence-corrected chi connectivity index (χ3v) is 7.27. The van der Waals surface area contributed by atoms with Gasteiger partial charge in [-0.05, 0) is 39.2 Å². The third kappa shape index (κ3) is 10.4. The summed E-state index contributed by atoms with van der Waals surface area (Å²) in [5.74, 6) is -2.05. The molecule has 0 radical (unpaired) electrons. The quantitative estimate of drug-likeness (QED) is 0.219. The lowest BCUT2D eigenvalue weighted by molar-refractivity contribution is -0.153. The van der Waals surface area contributed by atoms with Crippen LogP contribution in [0.1, 0.15) is 63.0 Å². The monoisotopic (exact) mass is 589 g/mol. The number of halogens is 1. The summed E-state index contributed by atoms with van der Waals surface area (Å²) in [4.78, 5) is 67.2. The highest BCUT2D eigenvalue weighted by Crippen LogP contribution is 2.15. The minimum Gasteiger partial charge on any atom is -0.456 e. The average molecular weight is 590 g/mol. The Morgan fingerprint density at radius 3 is 2.61 bits per heavy atom. The van der Waals surface area contributed by atoms with Crippen LogP contribution in [0.2, 0.25) is 0 Å². The van der Waals surface area contributed by atoms with Crippen LogP contribution < -0.4 is 21.7 Å². The van der Waals surface area contributed by atoms with Crippen molar-refractivity contribution in [3.8, 4) is 0 Å². The smallest absolute Gasteiger partial charge is 0.329 e. The van der Waals surface area contributed by atoms with E-state index in [4.69, 9.17) is 10.5 Å². The second kappa shape index (κ2) is 15.2. The lowest BCUT2D eigenvalue weighted by Crippen LogP contribution is -2.59. The first kappa shape index (κ1) is 33.5. The van der Waals surface area contributed by atoms with Gasteiger partial charge in [0.2, 0.25) is 16.9 Å². The van der Waals surface area contributed by atoms with Gasteiger partial charge in [-0.15, -0.1) is 23.7 Å². The van der Waals surface area contributed by atoms with E-state index in [1.54, 1.807) is 38.3 Å². The molecule has 2 heterocycles. The number of carbonyl (C=O) groups is 5. The number of rotatable bonds is 6. The summed E-state index contributed by atoms with van der Waals surface area (Å²) < 4.78 is 5.63. The average Bonchev–Trinajstić information content (AvgIpc) is 3.28. The highest BCUT2D eigenvalue weighted by Gasteiger charge is 2.36. The van der Waals surface area contributed by atoms with Crippen LogP contribution in [0.3, 0.4) is 0 Å². The molecule has 0 unspecified atom stereocenters. The van der Waals surface area contributed by atoms with Crippen molar-refractivity contribution >= 4 is 64.3 Å². The SMILES string of the molecule is CC(C)[C@@H]1NC(=O)C(C)(C)NC(=O)c2csc(n2)CNC(=O)C[C@@H](/C=C/CCSC(=O)[C@H](C)N)OC1=O.Cl. The van der Waals surface area contributed by atoms with Crippen LogP contribution >= 0.6 is 35.5 Å². The number of esters is 1. The van der Waals surface area contributed by atoms with E-state index in [0.29, 0.717) is 17.2 Å². The van der Waals surface area contributed by atoms with Gasteiger partial charge in [0, 0.05) is 11.1 Å². The molecule has 0 saturated heterocycles. The first-order chi connectivity index (χ1) is 17.3. The molecule has 2 bridgehead atoms. The summed E-state index contributed by atoms with van der Waals surface area (Å²) in [5.41, 5.74) is 4.35. The minimum atomic E-state index is -1.34. The molecular formula is C24H36ClN5O6S2. The Labute approximate surface area is 236 Å². The molecule has 0 aliphatic carbocycles. The Morgan fingerprint density at radius 1 is 1.29 bits per heavy atom. The highest BCUT2D eigenvalue weighted by atomic mass is 35.5. The van der Waals surface area contributed by atoms with E-state index in [-0.39, 0.29) is 48.0 Å². The number of ether oxygens (including phenoxy) is 1. The number of hydrogen-bond donors (Lipinski definition) is 4. The molecule has 14 heteroatoms. The molecule has 38 heavy (non-hydrogen) atoms. The van der Waals surface area contributed by atoms with Crippen LogP contribution in [-0.4, -0.2) is 63.3 Å². The van der Waals surface area contributed by atoms with Crippen molar-refractivity contribution < 1.29 is 28.7 Å². The largest absolute Gasteiger partial charge is 0.456 e. The van der Waals surface area contributed by atoms with Crippen LogP contribution in [0.15, 0.2) is 17.5 Å². The zero-order valence-electron chi connectivity index (χ0n) is 22.1. The van der Waals surface area contributed by atoms with Gasteiger partial charge in [0.15, 0.2) is 0 Å². The summed E-state index contributed by atoms with van der Waals surface area (Å²) >= 11 is 2.31. The molecular weight excluding hydrogens is 554 g/mol. The second-order valence-electron chi connectivity index (χ2n) is 9.53. The summed E-state index contributed by atoms with van der Waals surface area (Å²) in [7, 11) is 0. The van der Waals surface area contributed by atoms with E-state index >= 15 is 0 Å². The molecule has 0 spiro atoms. The summed E-state index contributed by atoms with van der Waals surface area (Å²) in [6, 6.07) is -1.57. The summed E-state index contributed by atoms with van der Waals surface area (Å²) in [6.07, 6.45) is 2.78. The zero-order chi connectivity index (χ0) is 27.8. The predicted molar refractivity (Wildman–Crippen MR) is 149 cm³/mol. The van der Waals surface area contributed by atoms with Crippen molar-refractivity contribution in [2.75, 3.05) is 5.75 Å². The van der Waals surface area contributed by atoms with Gasteiger partial charge in [0.1, 0.15) is 28.4 Å². The first-order valence-electron chi connectivity index (χ1n) is 11.9. The maximum absolute atomic E-state index is 13.1. The van der Waals surface area contributed by atoms with Gasteiger partial charge in [-0.3, -0.25) is 19.2 Å². The van der Waals surface area contributed by atoms with Gasteiger partial charge in [-0.1, -0.05) is 31.7 Å². The lowest BCUT2D eigenvalue weighted by Gasteiger charge is -2.29. The van der Waals surface area contributed by atoms with Gasteiger partial charge >= 0.3 is 5.97 Å². The summed E-state index contributed by atoms with van der Waals surface area (Å²) in [5, 5.41) is 9.96. The van der Waals surface area contributed by atoms with Gasteiger partial charge in [-0.2, -0.15) is 0 Å². The van der Waals surface area contributed by atoms with Crippen LogP contribution in [0.5, 0.6) is 0 Å². The Kier molecular flexibility index (Phi) is 13.4. The minimum absolute atomic E-state index is 0. The van der Waals surface area contributed by atoms with Gasteiger partial charge in [-0.25, -0.2) is 9.78 Å². The van der Waals surface area contributed by atoms with E-state index < -0.39 is 41.5 Å². The Morgan fingerprint density at radius 2 is 1.97 bits per heavy atom. The molecule has 1 aliphatic heterocycles. The van der Waals surface area contributed by atoms with Crippen molar-refractivity contribution in [3.63, 3.8) is 0 Å². The summed E-state index contributed by atoms with van der Waals surface area (Å²) in [6.45, 7) is 8.26. The Hall–Kier alpha value is -2.48. The standard InChI is InChI=1S/C24H35N5O6S2.ClH/c1-13(2)19-21(32)35-15(8-6-7-9-36-22(33)14(3)25)10-17(30)26-11-18-27-16(12-37-18)20(31)29-24(4,5)23(34)28-19;/h6,8,12-15,19H,7,9-11,25H2,1-5H3,(H,26,30)(H,28,34)(H,29,31);1H/b8-6+;/t14-,15+,19-;/m0./s1. The van der Waals surface area contributed by atoms with Crippen molar-refractivity contribution in [3.05, 3.63) is 28.2 Å². The number of aromatic nitrogens is 1. The molecule has 0 aromatic carbocycles. The van der Waals surface area contributed by atoms with Crippen molar-refractivity contribution in [1.29, 1.82) is 0 Å². The molecule has 2 rings (SSSR count). The number of nitrogens with zero attached hydrogens (tertiary/aromatic N) is 1. The van der Waals surface area contributed by atoms with E-state index in [1.807, 2.05) is 0 Å². The molecule has 3 atom stereocenters.